The predicted octanol–water partition coefficient (Wildman–Crippen LogP) is 1.05. The van der Waals surface area contributed by atoms with Gasteiger partial charge in [0.15, 0.2) is 0 Å². The number of aromatic nitrogens is 3. The van der Waals surface area contributed by atoms with Crippen LogP contribution in [0.25, 0.3) is 0 Å². The molecule has 0 bridgehead atoms. The van der Waals surface area contributed by atoms with E-state index in [0.29, 0.717) is 0 Å². The van der Waals surface area contributed by atoms with Gasteiger partial charge >= 0.3 is 5.69 Å². The van der Waals surface area contributed by atoms with Crippen LogP contribution in [0.4, 0.5) is 0 Å². The highest BCUT2D eigenvalue weighted by molar-refractivity contribution is 6.29. The Balaban J connectivity index is 0.000000181. The lowest BCUT2D eigenvalue weighted by Crippen LogP contribution is -2.31. The van der Waals surface area contributed by atoms with Gasteiger partial charge in [0.1, 0.15) is 5.15 Å². The number of hydrogen-bond donors (Lipinski definition) is 2. The third-order valence-electron chi connectivity index (χ3n) is 1.87. The van der Waals surface area contributed by atoms with Crippen LogP contribution >= 0.6 is 11.6 Å². The van der Waals surface area contributed by atoms with E-state index in [1.165, 1.54) is 12.7 Å². The minimum Gasteiger partial charge on any atom is -0.365 e. The van der Waals surface area contributed by atoms with Crippen LogP contribution in [-0.2, 0) is 7.05 Å². The van der Waals surface area contributed by atoms with E-state index in [0.717, 1.165) is 10.6 Å². The van der Waals surface area contributed by atoms with Gasteiger partial charge in [-0.25, -0.2) is 4.79 Å². The number of H-pyrrole nitrogens is 2. The maximum absolute atomic E-state index is 10.7. The lowest BCUT2D eigenvalue weighted by Gasteiger charge is -1.92. The van der Waals surface area contributed by atoms with Crippen LogP contribution in [0.15, 0.2) is 34.0 Å². The smallest absolute Gasteiger partial charge is 0.329 e. The molecule has 2 aromatic heterocycles. The molecule has 0 amide bonds. The largest absolute Gasteiger partial charge is 0.365 e. The van der Waals surface area contributed by atoms with Crippen molar-refractivity contribution in [1.29, 1.82) is 0 Å². The van der Waals surface area contributed by atoms with Crippen LogP contribution in [0.5, 0.6) is 0 Å². The van der Waals surface area contributed by atoms with Crippen molar-refractivity contribution in [1.82, 2.24) is 14.5 Å². The van der Waals surface area contributed by atoms with Crippen molar-refractivity contribution in [3.8, 4) is 0 Å². The molecule has 6 heteroatoms. The van der Waals surface area contributed by atoms with E-state index in [1.54, 1.807) is 0 Å². The van der Waals surface area contributed by atoms with Gasteiger partial charge < -0.3 is 4.98 Å². The molecule has 2 heterocycles. The molecule has 0 spiro atoms. The van der Waals surface area contributed by atoms with Crippen LogP contribution in [0.3, 0.4) is 0 Å². The summed E-state index contributed by atoms with van der Waals surface area (Å²) in [4.78, 5) is 26.7. The zero-order valence-corrected chi connectivity index (χ0v) is 9.71. The topological polar surface area (TPSA) is 70.7 Å². The molecular weight excluding hydrogens is 230 g/mol. The van der Waals surface area contributed by atoms with Crippen LogP contribution in [0.2, 0.25) is 5.15 Å². The standard InChI is InChI=1S/C5H5ClN2O2.C5H7N/c1-8-4(9)2-3(6)7-5(8)10;1-5-3-2-4-6-5/h2H,1H3,(H,7,10);2-4,6H,1H3. The Bertz CT molecular complexity index is 523. The molecule has 0 aliphatic heterocycles. The number of halogens is 1. The Hall–Kier alpha value is -1.75. The van der Waals surface area contributed by atoms with Crippen LogP contribution in [0, 0.1) is 6.92 Å². The quantitative estimate of drug-likeness (QED) is 0.677. The average molecular weight is 242 g/mol. The minimum absolute atomic E-state index is 0.0631. The predicted molar refractivity (Wildman–Crippen MR) is 62.8 cm³/mol. The Morgan fingerprint density at radius 1 is 1.38 bits per heavy atom. The van der Waals surface area contributed by atoms with E-state index >= 15 is 0 Å². The van der Waals surface area contributed by atoms with Crippen molar-refractivity contribution in [3.63, 3.8) is 0 Å². The second-order valence-corrected chi connectivity index (χ2v) is 3.58. The Morgan fingerprint density at radius 3 is 2.44 bits per heavy atom. The van der Waals surface area contributed by atoms with E-state index in [-0.39, 0.29) is 5.15 Å². The van der Waals surface area contributed by atoms with Gasteiger partial charge in [-0.1, -0.05) is 11.6 Å². The second-order valence-electron chi connectivity index (χ2n) is 3.17. The van der Waals surface area contributed by atoms with E-state index < -0.39 is 11.2 Å². The van der Waals surface area contributed by atoms with E-state index in [1.807, 2.05) is 25.3 Å². The lowest BCUT2D eigenvalue weighted by atomic mass is 10.5. The molecule has 0 aliphatic carbocycles. The molecule has 0 aromatic carbocycles. The zero-order valence-electron chi connectivity index (χ0n) is 8.95. The van der Waals surface area contributed by atoms with Crippen LogP contribution in [0.1, 0.15) is 5.69 Å². The first-order chi connectivity index (χ1) is 7.50. The molecule has 2 aromatic rings. The van der Waals surface area contributed by atoms with E-state index in [9.17, 15) is 9.59 Å². The normalized spacial score (nSPS) is 9.44. The number of rotatable bonds is 0. The summed E-state index contributed by atoms with van der Waals surface area (Å²) in [5.74, 6) is 0. The molecule has 86 valence electrons. The van der Waals surface area contributed by atoms with Gasteiger partial charge in [-0.05, 0) is 19.1 Å². The van der Waals surface area contributed by atoms with Gasteiger partial charge in [0.25, 0.3) is 5.56 Å². The molecule has 0 radical (unpaired) electrons. The zero-order chi connectivity index (χ0) is 12.1. The highest BCUT2D eigenvalue weighted by atomic mass is 35.5. The first-order valence-electron chi connectivity index (χ1n) is 4.56. The van der Waals surface area contributed by atoms with Crippen LogP contribution < -0.4 is 11.2 Å². The number of nitrogens with one attached hydrogen (secondary N) is 2. The number of aromatic amines is 2. The fourth-order valence-corrected chi connectivity index (χ4v) is 1.12. The van der Waals surface area contributed by atoms with E-state index in [4.69, 9.17) is 11.6 Å². The second kappa shape index (κ2) is 5.37. The van der Waals surface area contributed by atoms with Crippen molar-refractivity contribution in [2.24, 2.45) is 7.05 Å². The van der Waals surface area contributed by atoms with Crippen molar-refractivity contribution >= 4 is 11.6 Å². The highest BCUT2D eigenvalue weighted by Gasteiger charge is 1.95. The van der Waals surface area contributed by atoms with Gasteiger partial charge in [-0.3, -0.25) is 14.3 Å². The Kier molecular flexibility index (Phi) is 4.13. The highest BCUT2D eigenvalue weighted by Crippen LogP contribution is 1.92. The maximum Gasteiger partial charge on any atom is 0.329 e. The maximum atomic E-state index is 10.7. The summed E-state index contributed by atoms with van der Waals surface area (Å²) < 4.78 is 0.936. The van der Waals surface area contributed by atoms with Crippen molar-refractivity contribution < 1.29 is 0 Å². The monoisotopic (exact) mass is 241 g/mol. The molecule has 0 fully saturated rings. The average Bonchev–Trinajstić information content (AvgIpc) is 2.66. The van der Waals surface area contributed by atoms with E-state index in [2.05, 4.69) is 9.97 Å². The number of nitrogens with zero attached hydrogens (tertiary/aromatic N) is 1. The van der Waals surface area contributed by atoms with Gasteiger partial charge in [0, 0.05) is 25.0 Å². The van der Waals surface area contributed by atoms with Gasteiger partial charge in [0.2, 0.25) is 0 Å². The fraction of sp³-hybridized carbons (Fsp3) is 0.200. The summed E-state index contributed by atoms with van der Waals surface area (Å²) >= 11 is 5.35. The third-order valence-corrected chi connectivity index (χ3v) is 2.07. The molecule has 0 saturated heterocycles. The van der Waals surface area contributed by atoms with Gasteiger partial charge in [-0.2, -0.15) is 0 Å². The Morgan fingerprint density at radius 2 is 2.06 bits per heavy atom. The SMILES string of the molecule is Cc1ccc[nH]1.Cn1c(=O)cc(Cl)[nH]c1=O. The molecule has 2 N–H and O–H groups in total. The molecular formula is C10H12ClN3O2. The molecule has 0 unspecified atom stereocenters. The Labute approximate surface area is 96.7 Å². The number of hydrogen-bond acceptors (Lipinski definition) is 2. The molecule has 0 atom stereocenters. The number of aryl methyl sites for hydroxylation is 1. The summed E-state index contributed by atoms with van der Waals surface area (Å²) in [6.45, 7) is 2.03. The van der Waals surface area contributed by atoms with Crippen molar-refractivity contribution in [2.45, 2.75) is 6.92 Å². The lowest BCUT2D eigenvalue weighted by molar-refractivity contribution is 0.776. The summed E-state index contributed by atoms with van der Waals surface area (Å²) in [5, 5.41) is 0.0631. The molecule has 5 nitrogen and oxygen atoms in total. The summed E-state index contributed by atoms with van der Waals surface area (Å²) in [6.07, 6.45) is 1.91. The summed E-state index contributed by atoms with van der Waals surface area (Å²) in [6, 6.07) is 5.15. The summed E-state index contributed by atoms with van der Waals surface area (Å²) in [7, 11) is 1.37. The molecule has 0 saturated carbocycles. The molecule has 0 aliphatic rings. The fourth-order valence-electron chi connectivity index (χ4n) is 0.948. The van der Waals surface area contributed by atoms with Crippen LogP contribution in [-0.4, -0.2) is 14.5 Å². The first kappa shape index (κ1) is 12.3. The van der Waals surface area contributed by atoms with Gasteiger partial charge in [0.05, 0.1) is 0 Å². The minimum atomic E-state index is -0.502. The third kappa shape index (κ3) is 3.43. The van der Waals surface area contributed by atoms with Crippen molar-refractivity contribution in [3.05, 3.63) is 56.1 Å². The van der Waals surface area contributed by atoms with Gasteiger partial charge in [-0.15, -0.1) is 0 Å². The van der Waals surface area contributed by atoms with Crippen molar-refractivity contribution in [2.75, 3.05) is 0 Å². The summed E-state index contributed by atoms with van der Waals surface area (Å²) in [5.41, 5.74) is 0.307. The molecule has 2 rings (SSSR count). The first-order valence-corrected chi connectivity index (χ1v) is 4.94. The molecule has 16 heavy (non-hydrogen) atoms.